The van der Waals surface area contributed by atoms with Crippen LogP contribution in [0.4, 0.5) is 0 Å². The van der Waals surface area contributed by atoms with Crippen LogP contribution in [0.1, 0.15) is 13.8 Å². The van der Waals surface area contributed by atoms with Gasteiger partial charge in [0.1, 0.15) is 0 Å². The Morgan fingerprint density at radius 1 is 0.950 bits per heavy atom. The first kappa shape index (κ1) is 12.9. The number of nitrogens with zero attached hydrogens (tertiary/aromatic N) is 1. The number of benzene rings is 2. The monoisotopic (exact) mass is 264 g/mol. The summed E-state index contributed by atoms with van der Waals surface area (Å²) >= 11 is 0. The molecule has 1 heterocycles. The van der Waals surface area contributed by atoms with E-state index in [0.717, 1.165) is 0 Å². The molecule has 0 aliphatic carbocycles. The van der Waals surface area contributed by atoms with E-state index < -0.39 is 0 Å². The van der Waals surface area contributed by atoms with E-state index in [4.69, 9.17) is 5.73 Å². The largest absolute Gasteiger partial charge is 0.334 e. The van der Waals surface area contributed by atoms with Crippen LogP contribution in [0.15, 0.2) is 60.7 Å². The highest BCUT2D eigenvalue weighted by Gasteiger charge is 2.23. The Morgan fingerprint density at radius 2 is 1.60 bits per heavy atom. The molecule has 3 rings (SSSR count). The molecular weight excluding hydrogens is 244 g/mol. The van der Waals surface area contributed by atoms with Crippen molar-refractivity contribution in [1.29, 1.82) is 0 Å². The Bertz CT molecular complexity index is 724. The van der Waals surface area contributed by atoms with Crippen molar-refractivity contribution in [3.63, 3.8) is 0 Å². The minimum absolute atomic E-state index is 0.117. The zero-order valence-corrected chi connectivity index (χ0v) is 12.0. The molecule has 2 nitrogen and oxygen atoms in total. The molecule has 0 saturated heterocycles. The average molecular weight is 264 g/mol. The number of aromatic nitrogens is 1. The lowest BCUT2D eigenvalue weighted by atomic mass is 10.0. The van der Waals surface area contributed by atoms with Crippen molar-refractivity contribution in [2.45, 2.75) is 19.4 Å². The highest BCUT2D eigenvalue weighted by molar-refractivity contribution is 5.87. The predicted octanol–water partition coefficient (Wildman–Crippen LogP) is 4.00. The molecule has 102 valence electrons. The van der Waals surface area contributed by atoms with Crippen LogP contribution in [-0.4, -0.2) is 11.1 Å². The fraction of sp³-hybridized carbons (Fsp3) is 0.222. The van der Waals surface area contributed by atoms with Crippen molar-refractivity contribution in [2.24, 2.45) is 5.73 Å². The first-order chi connectivity index (χ1) is 9.63. The van der Waals surface area contributed by atoms with E-state index in [1.165, 1.54) is 22.2 Å². The second-order valence-corrected chi connectivity index (χ2v) is 5.81. The van der Waals surface area contributed by atoms with E-state index in [1.54, 1.807) is 0 Å². The maximum Gasteiger partial charge on any atom is 0.0517 e. The second kappa shape index (κ2) is 4.80. The lowest BCUT2D eigenvalue weighted by Crippen LogP contribution is -2.35. The minimum atomic E-state index is -0.117. The smallest absolute Gasteiger partial charge is 0.0517 e. The highest BCUT2D eigenvalue weighted by atomic mass is 15.1. The summed E-state index contributed by atoms with van der Waals surface area (Å²) in [6.07, 6.45) is 0. The van der Waals surface area contributed by atoms with Gasteiger partial charge in [-0.15, -0.1) is 0 Å². The molecular formula is C18H20N2. The topological polar surface area (TPSA) is 30.9 Å². The fourth-order valence-corrected chi connectivity index (χ4v) is 2.72. The van der Waals surface area contributed by atoms with E-state index in [2.05, 4.69) is 73.0 Å². The van der Waals surface area contributed by atoms with Crippen molar-refractivity contribution in [3.8, 4) is 11.3 Å². The molecule has 1 aromatic heterocycles. The molecule has 20 heavy (non-hydrogen) atoms. The predicted molar refractivity (Wildman–Crippen MR) is 85.8 cm³/mol. The van der Waals surface area contributed by atoms with Crippen molar-refractivity contribution in [3.05, 3.63) is 60.7 Å². The Labute approximate surface area is 119 Å². The number of hydrogen-bond acceptors (Lipinski definition) is 1. The Hall–Kier alpha value is -2.06. The van der Waals surface area contributed by atoms with Crippen LogP contribution in [0.5, 0.6) is 0 Å². The maximum absolute atomic E-state index is 6.01. The van der Waals surface area contributed by atoms with E-state index in [9.17, 15) is 0 Å². The summed E-state index contributed by atoms with van der Waals surface area (Å²) in [6.45, 7) is 4.98. The quantitative estimate of drug-likeness (QED) is 0.761. The number of nitrogens with two attached hydrogens (primary N) is 1. The summed E-state index contributed by atoms with van der Waals surface area (Å²) in [5.74, 6) is 0. The average Bonchev–Trinajstić information content (AvgIpc) is 2.88. The van der Waals surface area contributed by atoms with Crippen molar-refractivity contribution < 1.29 is 0 Å². The number of fused-ring (bicyclic) bond motifs is 1. The van der Waals surface area contributed by atoms with Gasteiger partial charge in [0, 0.05) is 23.1 Å². The molecule has 0 unspecified atom stereocenters. The number of hydrogen-bond donors (Lipinski definition) is 1. The van der Waals surface area contributed by atoms with Gasteiger partial charge in [0.2, 0.25) is 0 Å². The fourth-order valence-electron chi connectivity index (χ4n) is 2.72. The lowest BCUT2D eigenvalue weighted by Gasteiger charge is -2.29. The van der Waals surface area contributed by atoms with Gasteiger partial charge in [-0.25, -0.2) is 0 Å². The lowest BCUT2D eigenvalue weighted by molar-refractivity contribution is 0.383. The van der Waals surface area contributed by atoms with Crippen LogP contribution in [0.2, 0.25) is 0 Å². The summed E-state index contributed by atoms with van der Waals surface area (Å²) in [4.78, 5) is 0. The third-order valence-corrected chi connectivity index (χ3v) is 3.89. The SMILES string of the molecule is CC(C)(CN)n1c(-c2ccccc2)cc2ccccc21. The molecule has 0 fully saturated rings. The van der Waals surface area contributed by atoms with Crippen molar-refractivity contribution >= 4 is 10.9 Å². The van der Waals surface area contributed by atoms with Crippen LogP contribution < -0.4 is 5.73 Å². The number of para-hydroxylation sites is 1. The summed E-state index contributed by atoms with van der Waals surface area (Å²) in [5, 5.41) is 1.26. The van der Waals surface area contributed by atoms with E-state index in [-0.39, 0.29) is 5.54 Å². The molecule has 0 bridgehead atoms. The molecule has 0 amide bonds. The second-order valence-electron chi connectivity index (χ2n) is 5.81. The number of rotatable bonds is 3. The van der Waals surface area contributed by atoms with Gasteiger partial charge in [0.05, 0.1) is 5.54 Å². The van der Waals surface area contributed by atoms with E-state index >= 15 is 0 Å². The van der Waals surface area contributed by atoms with Gasteiger partial charge in [0.25, 0.3) is 0 Å². The Balaban J connectivity index is 2.34. The summed E-state index contributed by atoms with van der Waals surface area (Å²) in [7, 11) is 0. The summed E-state index contributed by atoms with van der Waals surface area (Å²) in [5.41, 5.74) is 9.59. The Kier molecular flexibility index (Phi) is 3.11. The molecule has 0 spiro atoms. The van der Waals surface area contributed by atoms with E-state index in [0.29, 0.717) is 6.54 Å². The molecule has 0 aliphatic rings. The van der Waals surface area contributed by atoms with Gasteiger partial charge in [-0.3, -0.25) is 0 Å². The third-order valence-electron chi connectivity index (χ3n) is 3.89. The first-order valence-corrected chi connectivity index (χ1v) is 7.00. The standard InChI is InChI=1S/C18H20N2/c1-18(2,13-19)20-16-11-7-6-10-15(16)12-17(20)14-8-4-3-5-9-14/h3-12H,13,19H2,1-2H3. The molecule has 0 saturated carbocycles. The zero-order chi connectivity index (χ0) is 14.2. The van der Waals surface area contributed by atoms with Crippen LogP contribution in [0.3, 0.4) is 0 Å². The minimum Gasteiger partial charge on any atom is -0.334 e. The molecule has 3 aromatic rings. The maximum atomic E-state index is 6.01. The van der Waals surface area contributed by atoms with Gasteiger partial charge in [-0.1, -0.05) is 48.5 Å². The van der Waals surface area contributed by atoms with Gasteiger partial charge < -0.3 is 10.3 Å². The third kappa shape index (κ3) is 2.02. The highest BCUT2D eigenvalue weighted by Crippen LogP contribution is 2.33. The molecule has 0 atom stereocenters. The van der Waals surface area contributed by atoms with Crippen molar-refractivity contribution in [1.82, 2.24) is 4.57 Å². The zero-order valence-electron chi connectivity index (χ0n) is 12.0. The van der Waals surface area contributed by atoms with Gasteiger partial charge >= 0.3 is 0 Å². The van der Waals surface area contributed by atoms with Gasteiger partial charge in [-0.05, 0) is 31.5 Å². The molecule has 0 aliphatic heterocycles. The molecule has 2 aromatic carbocycles. The van der Waals surface area contributed by atoms with Crippen LogP contribution >= 0.6 is 0 Å². The van der Waals surface area contributed by atoms with Crippen LogP contribution in [0.25, 0.3) is 22.2 Å². The van der Waals surface area contributed by atoms with E-state index in [1.807, 2.05) is 6.07 Å². The van der Waals surface area contributed by atoms with Gasteiger partial charge in [-0.2, -0.15) is 0 Å². The van der Waals surface area contributed by atoms with Crippen molar-refractivity contribution in [2.75, 3.05) is 6.54 Å². The normalized spacial score (nSPS) is 11.9. The molecule has 2 heteroatoms. The molecule has 2 N–H and O–H groups in total. The Morgan fingerprint density at radius 3 is 2.30 bits per heavy atom. The van der Waals surface area contributed by atoms with Crippen LogP contribution in [0, 0.1) is 0 Å². The summed E-state index contributed by atoms with van der Waals surface area (Å²) in [6, 6.07) is 21.2. The first-order valence-electron chi connectivity index (χ1n) is 7.00. The van der Waals surface area contributed by atoms with Gasteiger partial charge in [0.15, 0.2) is 0 Å². The molecule has 0 radical (unpaired) electrons. The summed E-state index contributed by atoms with van der Waals surface area (Å²) < 4.78 is 2.36. The van der Waals surface area contributed by atoms with Crippen LogP contribution in [-0.2, 0) is 5.54 Å².